The average Bonchev–Trinajstić information content (AvgIpc) is 2.82. The molecule has 4 rings (SSSR count). The standard InChI is InChI=1S/C23H23ClN2O5/c24-18-4-1-16(2-5-18)23(29)26-11-9-25(10-12-26)22(28)8-6-19(27)17-3-7-20-21(15-17)31-14-13-30-20/h1-5,7,15H,6,8-14H2. The Hall–Kier alpha value is -3.06. The lowest BCUT2D eigenvalue weighted by Gasteiger charge is -2.35. The third-order valence-electron chi connectivity index (χ3n) is 5.44. The van der Waals surface area contributed by atoms with Gasteiger partial charge in [0.25, 0.3) is 5.91 Å². The van der Waals surface area contributed by atoms with Gasteiger partial charge in [-0.1, -0.05) is 11.6 Å². The van der Waals surface area contributed by atoms with E-state index in [1.807, 2.05) is 0 Å². The van der Waals surface area contributed by atoms with Crippen molar-refractivity contribution in [3.8, 4) is 11.5 Å². The minimum atomic E-state index is -0.109. The number of hydrogen-bond donors (Lipinski definition) is 0. The largest absolute Gasteiger partial charge is 0.486 e. The maximum Gasteiger partial charge on any atom is 0.253 e. The number of ether oxygens (including phenoxy) is 2. The van der Waals surface area contributed by atoms with Crippen LogP contribution in [-0.4, -0.2) is 66.8 Å². The molecule has 1 saturated heterocycles. The monoisotopic (exact) mass is 442 g/mol. The molecule has 1 fully saturated rings. The Balaban J connectivity index is 1.26. The lowest BCUT2D eigenvalue weighted by molar-refractivity contribution is -0.132. The van der Waals surface area contributed by atoms with E-state index >= 15 is 0 Å². The van der Waals surface area contributed by atoms with Crippen molar-refractivity contribution >= 4 is 29.2 Å². The van der Waals surface area contributed by atoms with Gasteiger partial charge in [0.1, 0.15) is 13.2 Å². The first kappa shape index (κ1) is 21.2. The molecular formula is C23H23ClN2O5. The van der Waals surface area contributed by atoms with Crippen LogP contribution in [0.1, 0.15) is 33.6 Å². The van der Waals surface area contributed by atoms with Crippen molar-refractivity contribution in [2.24, 2.45) is 0 Å². The molecule has 0 atom stereocenters. The van der Waals surface area contributed by atoms with E-state index in [0.717, 1.165) is 0 Å². The van der Waals surface area contributed by atoms with Crippen molar-refractivity contribution < 1.29 is 23.9 Å². The van der Waals surface area contributed by atoms with Gasteiger partial charge in [0.15, 0.2) is 17.3 Å². The molecule has 2 aromatic rings. The van der Waals surface area contributed by atoms with Crippen molar-refractivity contribution in [1.82, 2.24) is 9.80 Å². The Morgan fingerprint density at radius 2 is 1.39 bits per heavy atom. The molecule has 0 bridgehead atoms. The van der Waals surface area contributed by atoms with E-state index in [1.54, 1.807) is 52.3 Å². The normalized spacial score (nSPS) is 15.5. The van der Waals surface area contributed by atoms with Gasteiger partial charge in [0.05, 0.1) is 0 Å². The molecule has 2 aromatic carbocycles. The number of benzene rings is 2. The zero-order valence-corrected chi connectivity index (χ0v) is 17.8. The molecule has 2 heterocycles. The van der Waals surface area contributed by atoms with Gasteiger partial charge in [-0.2, -0.15) is 0 Å². The molecule has 0 saturated carbocycles. The summed E-state index contributed by atoms with van der Waals surface area (Å²) in [5, 5.41) is 0.581. The summed E-state index contributed by atoms with van der Waals surface area (Å²) in [5.41, 5.74) is 1.09. The molecule has 0 unspecified atom stereocenters. The summed E-state index contributed by atoms with van der Waals surface area (Å²) in [6, 6.07) is 11.9. The van der Waals surface area contributed by atoms with Gasteiger partial charge in [-0.05, 0) is 42.5 Å². The number of amides is 2. The maximum atomic E-state index is 12.6. The molecule has 2 aliphatic heterocycles. The summed E-state index contributed by atoms with van der Waals surface area (Å²) in [5.74, 6) is 0.929. The second-order valence-electron chi connectivity index (χ2n) is 7.46. The van der Waals surface area contributed by atoms with Crippen molar-refractivity contribution in [3.05, 3.63) is 58.6 Å². The highest BCUT2D eigenvalue weighted by molar-refractivity contribution is 6.30. The first-order valence-corrected chi connectivity index (χ1v) is 10.6. The molecule has 0 aliphatic carbocycles. The Morgan fingerprint density at radius 1 is 0.774 bits per heavy atom. The summed E-state index contributed by atoms with van der Waals surface area (Å²) in [7, 11) is 0. The number of nitrogens with zero attached hydrogens (tertiary/aromatic N) is 2. The summed E-state index contributed by atoms with van der Waals surface area (Å²) in [6.45, 7) is 2.78. The van der Waals surface area contributed by atoms with Gasteiger partial charge in [-0.3, -0.25) is 14.4 Å². The van der Waals surface area contributed by atoms with Gasteiger partial charge in [-0.15, -0.1) is 0 Å². The quantitative estimate of drug-likeness (QED) is 0.665. The average molecular weight is 443 g/mol. The van der Waals surface area contributed by atoms with Crippen molar-refractivity contribution in [3.63, 3.8) is 0 Å². The third-order valence-corrected chi connectivity index (χ3v) is 5.69. The number of rotatable bonds is 5. The number of piperazine rings is 1. The predicted molar refractivity (Wildman–Crippen MR) is 115 cm³/mol. The van der Waals surface area contributed by atoms with Crippen LogP contribution in [-0.2, 0) is 4.79 Å². The van der Waals surface area contributed by atoms with Crippen molar-refractivity contribution in [1.29, 1.82) is 0 Å². The molecule has 31 heavy (non-hydrogen) atoms. The fraction of sp³-hybridized carbons (Fsp3) is 0.348. The minimum Gasteiger partial charge on any atom is -0.486 e. The highest BCUT2D eigenvalue weighted by Crippen LogP contribution is 2.31. The molecule has 162 valence electrons. The molecule has 2 aliphatic rings. The number of halogens is 1. The van der Waals surface area contributed by atoms with Gasteiger partial charge < -0.3 is 19.3 Å². The van der Waals surface area contributed by atoms with Crippen LogP contribution in [0.2, 0.25) is 5.02 Å². The zero-order chi connectivity index (χ0) is 21.8. The molecule has 2 amide bonds. The van der Waals surface area contributed by atoms with Crippen LogP contribution in [0.4, 0.5) is 0 Å². The van der Waals surface area contributed by atoms with Crippen LogP contribution in [0.5, 0.6) is 11.5 Å². The fourth-order valence-corrected chi connectivity index (χ4v) is 3.80. The predicted octanol–water partition coefficient (Wildman–Crippen LogP) is 3.06. The van der Waals surface area contributed by atoms with Gasteiger partial charge in [0.2, 0.25) is 5.91 Å². The molecule has 8 heteroatoms. The molecule has 0 aromatic heterocycles. The van der Waals surface area contributed by atoms with Crippen LogP contribution in [0.15, 0.2) is 42.5 Å². The second kappa shape index (κ2) is 9.39. The third kappa shape index (κ3) is 4.99. The Morgan fingerprint density at radius 3 is 2.10 bits per heavy atom. The lowest BCUT2D eigenvalue weighted by Crippen LogP contribution is -2.50. The molecule has 7 nitrogen and oxygen atoms in total. The van der Waals surface area contributed by atoms with Crippen LogP contribution < -0.4 is 9.47 Å². The molecule has 0 N–H and O–H groups in total. The Kier molecular flexibility index (Phi) is 6.42. The lowest BCUT2D eigenvalue weighted by atomic mass is 10.1. The number of Topliss-reactive ketones (excluding diaryl/α,β-unsaturated/α-hetero) is 1. The van der Waals surface area contributed by atoms with Crippen LogP contribution >= 0.6 is 11.6 Å². The van der Waals surface area contributed by atoms with Crippen LogP contribution in [0.3, 0.4) is 0 Å². The van der Waals surface area contributed by atoms with E-state index in [2.05, 4.69) is 0 Å². The zero-order valence-electron chi connectivity index (χ0n) is 17.0. The van der Waals surface area contributed by atoms with Gasteiger partial charge in [-0.25, -0.2) is 0 Å². The number of carbonyl (C=O) groups excluding carboxylic acids is 3. The van der Waals surface area contributed by atoms with E-state index in [4.69, 9.17) is 21.1 Å². The Labute approximate surface area is 185 Å². The van der Waals surface area contributed by atoms with Gasteiger partial charge in [0, 0.05) is 55.2 Å². The van der Waals surface area contributed by atoms with E-state index < -0.39 is 0 Å². The van der Waals surface area contributed by atoms with Crippen LogP contribution in [0, 0.1) is 0 Å². The van der Waals surface area contributed by atoms with E-state index in [-0.39, 0.29) is 30.4 Å². The van der Waals surface area contributed by atoms with Gasteiger partial charge >= 0.3 is 0 Å². The number of fused-ring (bicyclic) bond motifs is 1. The van der Waals surface area contributed by atoms with E-state index in [0.29, 0.717) is 67.0 Å². The highest BCUT2D eigenvalue weighted by Gasteiger charge is 2.25. The van der Waals surface area contributed by atoms with E-state index in [1.165, 1.54) is 0 Å². The fourth-order valence-electron chi connectivity index (χ4n) is 3.67. The Bertz CT molecular complexity index is 984. The minimum absolute atomic E-state index is 0.0717. The summed E-state index contributed by atoms with van der Waals surface area (Å²) in [4.78, 5) is 41.1. The number of hydrogen-bond acceptors (Lipinski definition) is 5. The first-order chi connectivity index (χ1) is 15.0. The number of ketones is 1. The molecule has 0 radical (unpaired) electrons. The summed E-state index contributed by atoms with van der Waals surface area (Å²) >= 11 is 5.87. The molecule has 0 spiro atoms. The van der Waals surface area contributed by atoms with E-state index in [9.17, 15) is 14.4 Å². The highest BCUT2D eigenvalue weighted by atomic mass is 35.5. The molecular weight excluding hydrogens is 420 g/mol. The number of carbonyl (C=O) groups is 3. The SMILES string of the molecule is O=C(CCC(=O)N1CCN(C(=O)c2ccc(Cl)cc2)CC1)c1ccc2c(c1)OCCO2. The first-order valence-electron chi connectivity index (χ1n) is 10.3. The topological polar surface area (TPSA) is 76.2 Å². The second-order valence-corrected chi connectivity index (χ2v) is 7.90. The summed E-state index contributed by atoms with van der Waals surface area (Å²) < 4.78 is 11.0. The smallest absolute Gasteiger partial charge is 0.253 e. The van der Waals surface area contributed by atoms with Crippen molar-refractivity contribution in [2.75, 3.05) is 39.4 Å². The maximum absolute atomic E-state index is 12.6. The van der Waals surface area contributed by atoms with Crippen molar-refractivity contribution in [2.45, 2.75) is 12.8 Å². The van der Waals surface area contributed by atoms with Crippen LogP contribution in [0.25, 0.3) is 0 Å². The summed E-state index contributed by atoms with van der Waals surface area (Å²) in [6.07, 6.45) is 0.265.